The van der Waals surface area contributed by atoms with Crippen LogP contribution in [0.5, 0.6) is 11.5 Å². The van der Waals surface area contributed by atoms with E-state index in [9.17, 15) is 14.7 Å². The number of hydrogen-bond donors (Lipinski definition) is 2. The highest BCUT2D eigenvalue weighted by atomic mass is 35.5. The Hall–Kier alpha value is -3.03. The van der Waals surface area contributed by atoms with Crippen LogP contribution in [0.1, 0.15) is 32.5 Å². The number of benzene rings is 2. The van der Waals surface area contributed by atoms with Gasteiger partial charge in [-0.1, -0.05) is 23.7 Å². The number of methoxy groups -OCH3 is 2. The summed E-state index contributed by atoms with van der Waals surface area (Å²) in [6.45, 7) is 0. The number of carbonyl (C=O) groups is 2. The van der Waals surface area contributed by atoms with Gasteiger partial charge in [0.1, 0.15) is 16.4 Å². The van der Waals surface area contributed by atoms with Crippen LogP contribution in [-0.2, 0) is 4.79 Å². The van der Waals surface area contributed by atoms with E-state index in [1.165, 1.54) is 0 Å². The molecule has 0 unspecified atom stereocenters. The van der Waals surface area contributed by atoms with E-state index < -0.39 is 5.97 Å². The topological polar surface area (TPSA) is 84.9 Å². The Balaban J connectivity index is 1.95. The molecule has 30 heavy (non-hydrogen) atoms. The van der Waals surface area contributed by atoms with Gasteiger partial charge in [0, 0.05) is 33.4 Å². The van der Waals surface area contributed by atoms with Crippen molar-refractivity contribution < 1.29 is 24.2 Å². The number of carboxylic acid groups (broad SMARTS) is 1. The van der Waals surface area contributed by atoms with Crippen molar-refractivity contribution in [3.8, 4) is 22.6 Å². The molecule has 0 radical (unpaired) electrons. The van der Waals surface area contributed by atoms with E-state index in [1.54, 1.807) is 50.6 Å². The summed E-state index contributed by atoms with van der Waals surface area (Å²) in [4.78, 5) is 25.6. The molecule has 1 aliphatic rings. The van der Waals surface area contributed by atoms with Crippen LogP contribution in [0.25, 0.3) is 11.1 Å². The normalized spacial score (nSPS) is 15.3. The zero-order valence-corrected chi connectivity index (χ0v) is 17.8. The van der Waals surface area contributed by atoms with Gasteiger partial charge in [0.2, 0.25) is 5.91 Å². The van der Waals surface area contributed by atoms with Gasteiger partial charge in [-0.25, -0.2) is 4.79 Å². The molecule has 1 aliphatic heterocycles. The van der Waals surface area contributed by atoms with E-state index in [-0.39, 0.29) is 23.1 Å². The smallest absolute Gasteiger partial charge is 0.346 e. The Bertz CT molecular complexity index is 1140. The lowest BCUT2D eigenvalue weighted by atomic mass is 9.88. The molecule has 2 N–H and O–H groups in total. The number of carboxylic acids is 1. The molecule has 1 aromatic heterocycles. The number of hydrogen-bond acceptors (Lipinski definition) is 5. The lowest BCUT2D eigenvalue weighted by Gasteiger charge is -2.25. The maximum atomic E-state index is 12.6. The first-order valence-electron chi connectivity index (χ1n) is 9.10. The third kappa shape index (κ3) is 3.51. The first kappa shape index (κ1) is 20.3. The van der Waals surface area contributed by atoms with Crippen molar-refractivity contribution in [2.45, 2.75) is 12.3 Å². The number of aromatic carboxylic acids is 1. The zero-order valence-electron chi connectivity index (χ0n) is 16.2. The minimum absolute atomic E-state index is 0.163. The van der Waals surface area contributed by atoms with E-state index in [1.807, 2.05) is 6.07 Å². The average Bonchev–Trinajstić information content (AvgIpc) is 3.13. The number of anilines is 1. The van der Waals surface area contributed by atoms with Gasteiger partial charge in [-0.2, -0.15) is 0 Å². The van der Waals surface area contributed by atoms with E-state index in [0.717, 1.165) is 21.8 Å². The number of ether oxygens (including phenoxy) is 2. The molecule has 2 heterocycles. The Morgan fingerprint density at radius 2 is 1.90 bits per heavy atom. The molecule has 2 aromatic carbocycles. The molecule has 6 nitrogen and oxygen atoms in total. The van der Waals surface area contributed by atoms with E-state index in [2.05, 4.69) is 5.32 Å². The predicted molar refractivity (Wildman–Crippen MR) is 116 cm³/mol. The second kappa shape index (κ2) is 8.01. The van der Waals surface area contributed by atoms with Gasteiger partial charge < -0.3 is 19.9 Å². The SMILES string of the molecule is COc1ccc(OC)c([C@@H]2CC(=O)Nc3c2sc(C(=O)O)c3-c2ccc(Cl)cc2)c1. The fourth-order valence-corrected chi connectivity index (χ4v) is 5.06. The molecule has 0 bridgehead atoms. The van der Waals surface area contributed by atoms with Crippen LogP contribution < -0.4 is 14.8 Å². The molecule has 8 heteroatoms. The number of rotatable bonds is 5. The number of halogens is 1. The minimum atomic E-state index is -1.05. The number of nitrogens with one attached hydrogen (secondary N) is 1. The first-order valence-corrected chi connectivity index (χ1v) is 10.3. The standard InChI is InChI=1S/C22H18ClNO5S/c1-28-13-7-8-16(29-2)14(9-13)15-10-17(25)24-19-18(11-3-5-12(23)6-4-11)21(22(26)27)30-20(15)19/h3-9,15H,10H2,1-2H3,(H,24,25)(H,26,27)/t15-/m0/s1. The summed E-state index contributed by atoms with van der Waals surface area (Å²) in [5, 5.41) is 13.3. The molecule has 0 spiro atoms. The summed E-state index contributed by atoms with van der Waals surface area (Å²) in [5.74, 6) is -0.360. The predicted octanol–water partition coefficient (Wildman–Crippen LogP) is 5.26. The summed E-state index contributed by atoms with van der Waals surface area (Å²) < 4.78 is 10.9. The fourth-order valence-electron chi connectivity index (χ4n) is 3.69. The molecule has 0 saturated carbocycles. The third-order valence-electron chi connectivity index (χ3n) is 5.05. The maximum Gasteiger partial charge on any atom is 0.346 e. The highest BCUT2D eigenvalue weighted by Gasteiger charge is 2.35. The molecular formula is C22H18ClNO5S. The molecule has 0 saturated heterocycles. The van der Waals surface area contributed by atoms with Crippen LogP contribution in [0, 0.1) is 0 Å². The van der Waals surface area contributed by atoms with Crippen LogP contribution >= 0.6 is 22.9 Å². The third-order valence-corrected chi connectivity index (χ3v) is 6.59. The molecule has 1 amide bonds. The number of fused-ring (bicyclic) bond motifs is 1. The summed E-state index contributed by atoms with van der Waals surface area (Å²) >= 11 is 7.16. The number of amides is 1. The van der Waals surface area contributed by atoms with Crippen LogP contribution in [0.15, 0.2) is 42.5 Å². The largest absolute Gasteiger partial charge is 0.497 e. The molecule has 0 fully saturated rings. The first-order chi connectivity index (χ1) is 14.4. The Kier molecular flexibility index (Phi) is 5.40. The Morgan fingerprint density at radius 1 is 1.17 bits per heavy atom. The quantitative estimate of drug-likeness (QED) is 0.562. The van der Waals surface area contributed by atoms with Crippen molar-refractivity contribution >= 4 is 40.5 Å². The zero-order chi connectivity index (χ0) is 21.4. The molecule has 0 aliphatic carbocycles. The van der Waals surface area contributed by atoms with Crippen molar-refractivity contribution in [3.05, 3.63) is 62.8 Å². The van der Waals surface area contributed by atoms with Crippen LogP contribution in [0.2, 0.25) is 5.02 Å². The summed E-state index contributed by atoms with van der Waals surface area (Å²) in [6.07, 6.45) is 0.177. The molecule has 4 rings (SSSR count). The van der Waals surface area contributed by atoms with Crippen molar-refractivity contribution in [2.24, 2.45) is 0 Å². The Labute approximate surface area is 182 Å². The van der Waals surface area contributed by atoms with Gasteiger partial charge in [-0.05, 0) is 35.9 Å². The fraction of sp³-hybridized carbons (Fsp3) is 0.182. The van der Waals surface area contributed by atoms with Crippen molar-refractivity contribution in [2.75, 3.05) is 19.5 Å². The lowest BCUT2D eigenvalue weighted by molar-refractivity contribution is -0.116. The molecule has 154 valence electrons. The van der Waals surface area contributed by atoms with Crippen molar-refractivity contribution in [1.82, 2.24) is 0 Å². The molecule has 1 atom stereocenters. The second-order valence-corrected chi connectivity index (χ2v) is 8.26. The van der Waals surface area contributed by atoms with Gasteiger partial charge in [0.05, 0.1) is 19.9 Å². The van der Waals surface area contributed by atoms with Crippen LogP contribution in [-0.4, -0.2) is 31.2 Å². The summed E-state index contributed by atoms with van der Waals surface area (Å²) in [6, 6.07) is 12.3. The Morgan fingerprint density at radius 3 is 2.53 bits per heavy atom. The van der Waals surface area contributed by atoms with E-state index >= 15 is 0 Å². The van der Waals surface area contributed by atoms with Gasteiger partial charge in [-0.15, -0.1) is 11.3 Å². The summed E-state index contributed by atoms with van der Waals surface area (Å²) in [7, 11) is 3.13. The van der Waals surface area contributed by atoms with Crippen LogP contribution in [0.4, 0.5) is 5.69 Å². The minimum Gasteiger partial charge on any atom is -0.497 e. The van der Waals surface area contributed by atoms with Gasteiger partial charge in [-0.3, -0.25) is 4.79 Å². The molecular weight excluding hydrogens is 426 g/mol. The van der Waals surface area contributed by atoms with E-state index in [4.69, 9.17) is 21.1 Å². The maximum absolute atomic E-state index is 12.6. The lowest BCUT2D eigenvalue weighted by Crippen LogP contribution is -2.22. The highest BCUT2D eigenvalue weighted by Crippen LogP contribution is 2.51. The molecule has 3 aromatic rings. The van der Waals surface area contributed by atoms with Gasteiger partial charge in [0.15, 0.2) is 0 Å². The van der Waals surface area contributed by atoms with Gasteiger partial charge >= 0.3 is 5.97 Å². The number of thiophene rings is 1. The van der Waals surface area contributed by atoms with Crippen molar-refractivity contribution in [3.63, 3.8) is 0 Å². The number of carbonyl (C=O) groups excluding carboxylic acids is 1. The summed E-state index contributed by atoms with van der Waals surface area (Å²) in [5.41, 5.74) is 2.45. The second-order valence-electron chi connectivity index (χ2n) is 6.77. The average molecular weight is 444 g/mol. The monoisotopic (exact) mass is 443 g/mol. The highest BCUT2D eigenvalue weighted by molar-refractivity contribution is 7.15. The van der Waals surface area contributed by atoms with E-state index in [0.29, 0.717) is 33.3 Å². The van der Waals surface area contributed by atoms with Crippen LogP contribution in [0.3, 0.4) is 0 Å². The van der Waals surface area contributed by atoms with Gasteiger partial charge in [0.25, 0.3) is 0 Å². The van der Waals surface area contributed by atoms with Crippen molar-refractivity contribution in [1.29, 1.82) is 0 Å².